The highest BCUT2D eigenvalue weighted by Gasteiger charge is 2.10. The van der Waals surface area contributed by atoms with Gasteiger partial charge >= 0.3 is 5.97 Å². The number of hydrogen-bond donors (Lipinski definition) is 1. The van der Waals surface area contributed by atoms with Crippen LogP contribution in [0.25, 0.3) is 0 Å². The minimum Gasteiger partial charge on any atom is -0.473 e. The Labute approximate surface area is 117 Å². The SMILES string of the molecule is CCOC(=O)CCc1cn[nH]c1OCc1ccccc1. The minimum atomic E-state index is -0.206. The lowest BCUT2D eigenvalue weighted by Crippen LogP contribution is -2.05. The monoisotopic (exact) mass is 274 g/mol. The maximum absolute atomic E-state index is 11.3. The molecular weight excluding hydrogens is 256 g/mol. The molecule has 1 N–H and O–H groups in total. The second kappa shape index (κ2) is 7.33. The zero-order valence-corrected chi connectivity index (χ0v) is 11.5. The van der Waals surface area contributed by atoms with Crippen molar-refractivity contribution in [1.82, 2.24) is 10.2 Å². The highest BCUT2D eigenvalue weighted by molar-refractivity contribution is 5.69. The molecule has 0 amide bonds. The van der Waals surface area contributed by atoms with Gasteiger partial charge in [0.05, 0.1) is 12.8 Å². The number of H-pyrrole nitrogens is 1. The molecule has 1 aromatic carbocycles. The number of nitrogens with zero attached hydrogens (tertiary/aromatic N) is 1. The lowest BCUT2D eigenvalue weighted by Gasteiger charge is -2.06. The molecule has 2 rings (SSSR count). The first-order chi connectivity index (χ1) is 9.79. The lowest BCUT2D eigenvalue weighted by molar-refractivity contribution is -0.143. The van der Waals surface area contributed by atoms with Crippen molar-refractivity contribution in [2.75, 3.05) is 6.61 Å². The summed E-state index contributed by atoms with van der Waals surface area (Å²) in [5.74, 6) is 0.404. The molecule has 0 fully saturated rings. The molecule has 0 aliphatic heterocycles. The van der Waals surface area contributed by atoms with E-state index in [1.807, 2.05) is 30.3 Å². The average Bonchev–Trinajstić information content (AvgIpc) is 2.92. The molecule has 1 aromatic heterocycles. The summed E-state index contributed by atoms with van der Waals surface area (Å²) in [5.41, 5.74) is 1.97. The third-order valence-corrected chi connectivity index (χ3v) is 2.81. The van der Waals surface area contributed by atoms with E-state index in [0.29, 0.717) is 31.9 Å². The standard InChI is InChI=1S/C15H18N2O3/c1-2-19-14(18)9-8-13-10-16-17-15(13)20-11-12-6-4-3-5-7-12/h3-7,10H,2,8-9,11H2,1H3,(H,16,17). The summed E-state index contributed by atoms with van der Waals surface area (Å²) in [7, 11) is 0. The number of aryl methyl sites for hydroxylation is 1. The molecule has 1 heterocycles. The lowest BCUT2D eigenvalue weighted by atomic mass is 10.2. The van der Waals surface area contributed by atoms with Crippen molar-refractivity contribution in [3.05, 3.63) is 47.7 Å². The van der Waals surface area contributed by atoms with E-state index in [1.54, 1.807) is 13.1 Å². The Morgan fingerprint density at radius 3 is 2.85 bits per heavy atom. The first-order valence-electron chi connectivity index (χ1n) is 6.64. The summed E-state index contributed by atoms with van der Waals surface area (Å²) in [6.07, 6.45) is 2.56. The van der Waals surface area contributed by atoms with E-state index in [0.717, 1.165) is 11.1 Å². The number of hydrogen-bond acceptors (Lipinski definition) is 4. The van der Waals surface area contributed by atoms with E-state index in [2.05, 4.69) is 10.2 Å². The summed E-state index contributed by atoms with van der Waals surface area (Å²) < 4.78 is 10.6. The third-order valence-electron chi connectivity index (χ3n) is 2.81. The third kappa shape index (κ3) is 4.12. The van der Waals surface area contributed by atoms with Gasteiger partial charge in [-0.25, -0.2) is 5.10 Å². The van der Waals surface area contributed by atoms with Gasteiger partial charge < -0.3 is 9.47 Å². The van der Waals surface area contributed by atoms with Gasteiger partial charge in [-0.2, -0.15) is 5.10 Å². The molecule has 5 nitrogen and oxygen atoms in total. The van der Waals surface area contributed by atoms with Gasteiger partial charge in [0, 0.05) is 12.0 Å². The Hall–Kier alpha value is -2.30. The van der Waals surface area contributed by atoms with E-state index in [1.165, 1.54) is 0 Å². The second-order valence-corrected chi connectivity index (χ2v) is 4.30. The summed E-state index contributed by atoms with van der Waals surface area (Å²) in [6, 6.07) is 9.88. The van der Waals surface area contributed by atoms with Gasteiger partial charge in [-0.3, -0.25) is 4.79 Å². The number of ether oxygens (including phenoxy) is 2. The number of rotatable bonds is 7. The zero-order valence-electron chi connectivity index (χ0n) is 11.5. The van der Waals surface area contributed by atoms with Crippen molar-refractivity contribution >= 4 is 5.97 Å². The number of aromatic nitrogens is 2. The van der Waals surface area contributed by atoms with Crippen LogP contribution in [0.5, 0.6) is 5.88 Å². The average molecular weight is 274 g/mol. The van der Waals surface area contributed by atoms with E-state index in [4.69, 9.17) is 9.47 Å². The highest BCUT2D eigenvalue weighted by atomic mass is 16.5. The fraction of sp³-hybridized carbons (Fsp3) is 0.333. The molecule has 0 atom stereocenters. The van der Waals surface area contributed by atoms with Crippen LogP contribution < -0.4 is 4.74 Å². The van der Waals surface area contributed by atoms with Crippen LogP contribution in [0, 0.1) is 0 Å². The number of esters is 1. The van der Waals surface area contributed by atoms with Crippen LogP contribution in [0.1, 0.15) is 24.5 Å². The van der Waals surface area contributed by atoms with Crippen LogP contribution >= 0.6 is 0 Å². The maximum atomic E-state index is 11.3. The van der Waals surface area contributed by atoms with E-state index in [9.17, 15) is 4.79 Å². The first kappa shape index (κ1) is 14.1. The Balaban J connectivity index is 1.87. The van der Waals surface area contributed by atoms with Crippen LogP contribution in [-0.4, -0.2) is 22.8 Å². The van der Waals surface area contributed by atoms with Crippen molar-refractivity contribution in [3.63, 3.8) is 0 Å². The van der Waals surface area contributed by atoms with Crippen molar-refractivity contribution in [3.8, 4) is 5.88 Å². The minimum absolute atomic E-state index is 0.206. The predicted octanol–water partition coefficient (Wildman–Crippen LogP) is 2.48. The van der Waals surface area contributed by atoms with Gasteiger partial charge in [0.25, 0.3) is 0 Å². The summed E-state index contributed by atoms with van der Waals surface area (Å²) in [5, 5.41) is 6.76. The molecule has 0 aliphatic carbocycles. The molecule has 0 aliphatic rings. The topological polar surface area (TPSA) is 64.2 Å². The number of carbonyl (C=O) groups excluding carboxylic acids is 1. The van der Waals surface area contributed by atoms with Crippen LogP contribution in [0.2, 0.25) is 0 Å². The molecule has 0 bridgehead atoms. The molecule has 0 spiro atoms. The zero-order chi connectivity index (χ0) is 14.2. The number of carbonyl (C=O) groups is 1. The Morgan fingerprint density at radius 1 is 1.30 bits per heavy atom. The van der Waals surface area contributed by atoms with E-state index in [-0.39, 0.29) is 5.97 Å². The van der Waals surface area contributed by atoms with E-state index >= 15 is 0 Å². The van der Waals surface area contributed by atoms with Crippen LogP contribution in [0.4, 0.5) is 0 Å². The molecule has 106 valence electrons. The van der Waals surface area contributed by atoms with Gasteiger partial charge in [-0.15, -0.1) is 0 Å². The van der Waals surface area contributed by atoms with Crippen molar-refractivity contribution in [1.29, 1.82) is 0 Å². The van der Waals surface area contributed by atoms with Gasteiger partial charge in [-0.1, -0.05) is 30.3 Å². The maximum Gasteiger partial charge on any atom is 0.306 e. The smallest absolute Gasteiger partial charge is 0.306 e. The van der Waals surface area contributed by atoms with Gasteiger partial charge in [0.15, 0.2) is 0 Å². The highest BCUT2D eigenvalue weighted by Crippen LogP contribution is 2.17. The molecule has 20 heavy (non-hydrogen) atoms. The van der Waals surface area contributed by atoms with Crippen molar-refractivity contribution in [2.45, 2.75) is 26.4 Å². The van der Waals surface area contributed by atoms with Crippen LogP contribution in [0.15, 0.2) is 36.5 Å². The Bertz CT molecular complexity index is 537. The van der Waals surface area contributed by atoms with Crippen molar-refractivity contribution < 1.29 is 14.3 Å². The molecule has 2 aromatic rings. The summed E-state index contributed by atoms with van der Waals surface area (Å²) in [4.78, 5) is 11.3. The van der Waals surface area contributed by atoms with Gasteiger partial charge in [0.1, 0.15) is 6.61 Å². The molecule has 0 saturated heterocycles. The summed E-state index contributed by atoms with van der Waals surface area (Å²) >= 11 is 0. The van der Waals surface area contributed by atoms with Gasteiger partial charge in [-0.05, 0) is 18.9 Å². The normalized spacial score (nSPS) is 10.2. The largest absolute Gasteiger partial charge is 0.473 e. The molecular formula is C15H18N2O3. The first-order valence-corrected chi connectivity index (χ1v) is 6.64. The Morgan fingerprint density at radius 2 is 2.10 bits per heavy atom. The van der Waals surface area contributed by atoms with Gasteiger partial charge in [0.2, 0.25) is 5.88 Å². The van der Waals surface area contributed by atoms with Crippen molar-refractivity contribution in [2.24, 2.45) is 0 Å². The van der Waals surface area contributed by atoms with Crippen LogP contribution in [-0.2, 0) is 22.6 Å². The van der Waals surface area contributed by atoms with E-state index < -0.39 is 0 Å². The molecule has 5 heteroatoms. The second-order valence-electron chi connectivity index (χ2n) is 4.30. The molecule has 0 unspecified atom stereocenters. The quantitative estimate of drug-likeness (QED) is 0.788. The molecule has 0 radical (unpaired) electrons. The fourth-order valence-corrected chi connectivity index (χ4v) is 1.80. The Kier molecular flexibility index (Phi) is 5.17. The number of aromatic amines is 1. The van der Waals surface area contributed by atoms with Crippen LogP contribution in [0.3, 0.4) is 0 Å². The predicted molar refractivity (Wildman–Crippen MR) is 74.3 cm³/mol. The number of benzene rings is 1. The fourth-order valence-electron chi connectivity index (χ4n) is 1.80. The summed E-state index contributed by atoms with van der Waals surface area (Å²) in [6.45, 7) is 2.67. The number of nitrogens with one attached hydrogen (secondary N) is 1. The molecule has 0 saturated carbocycles.